The highest BCUT2D eigenvalue weighted by atomic mass is 16.1. The van der Waals surface area contributed by atoms with Gasteiger partial charge in [-0.25, -0.2) is 0 Å². The summed E-state index contributed by atoms with van der Waals surface area (Å²) in [6.07, 6.45) is 7.94. The number of rotatable bonds is 5. The van der Waals surface area contributed by atoms with Crippen molar-refractivity contribution in [2.45, 2.75) is 32.2 Å². The van der Waals surface area contributed by atoms with E-state index in [-0.39, 0.29) is 0 Å². The zero-order valence-corrected chi connectivity index (χ0v) is 10.7. The summed E-state index contributed by atoms with van der Waals surface area (Å²) >= 11 is 0. The Morgan fingerprint density at radius 1 is 1.59 bits per heavy atom. The van der Waals surface area contributed by atoms with Gasteiger partial charge in [-0.05, 0) is 32.9 Å². The van der Waals surface area contributed by atoms with Gasteiger partial charge in [-0.15, -0.1) is 0 Å². The molecule has 2 rings (SSSR count). The number of hydrogen-bond donors (Lipinski definition) is 0. The minimum atomic E-state index is 0.325. The van der Waals surface area contributed by atoms with Crippen LogP contribution < -0.4 is 0 Å². The molecule has 0 aliphatic heterocycles. The Kier molecular flexibility index (Phi) is 3.94. The lowest BCUT2D eigenvalue weighted by Gasteiger charge is -2.17. The van der Waals surface area contributed by atoms with Crippen molar-refractivity contribution in [3.05, 3.63) is 18.0 Å². The number of carbonyl (C=O) groups excluding carboxylic acids is 1. The molecule has 0 saturated heterocycles. The molecule has 4 heteroatoms. The van der Waals surface area contributed by atoms with Gasteiger partial charge in [-0.2, -0.15) is 5.10 Å². The highest BCUT2D eigenvalue weighted by molar-refractivity contribution is 5.82. The van der Waals surface area contributed by atoms with Crippen LogP contribution in [-0.4, -0.2) is 34.1 Å². The van der Waals surface area contributed by atoms with Crippen molar-refractivity contribution in [3.63, 3.8) is 0 Å². The SMILES string of the molecule is CN(CCC1CCCC1=O)Cc1cnn(C)c1. The lowest BCUT2D eigenvalue weighted by Crippen LogP contribution is -2.22. The van der Waals surface area contributed by atoms with E-state index in [0.29, 0.717) is 11.7 Å². The number of nitrogens with zero attached hydrogens (tertiary/aromatic N) is 3. The first-order valence-electron chi connectivity index (χ1n) is 6.34. The number of ketones is 1. The third-order valence-electron chi connectivity index (χ3n) is 3.50. The molecule has 4 nitrogen and oxygen atoms in total. The summed E-state index contributed by atoms with van der Waals surface area (Å²) in [6, 6.07) is 0. The third kappa shape index (κ3) is 3.40. The van der Waals surface area contributed by atoms with E-state index in [1.807, 2.05) is 24.1 Å². The Labute approximate surface area is 103 Å². The van der Waals surface area contributed by atoms with Crippen molar-refractivity contribution in [2.75, 3.05) is 13.6 Å². The van der Waals surface area contributed by atoms with Crippen molar-refractivity contribution in [2.24, 2.45) is 13.0 Å². The molecule has 0 spiro atoms. The van der Waals surface area contributed by atoms with Crippen molar-refractivity contribution in [1.82, 2.24) is 14.7 Å². The molecule has 1 aliphatic carbocycles. The van der Waals surface area contributed by atoms with E-state index in [2.05, 4.69) is 17.0 Å². The number of carbonyl (C=O) groups is 1. The van der Waals surface area contributed by atoms with E-state index in [4.69, 9.17) is 0 Å². The topological polar surface area (TPSA) is 38.1 Å². The normalized spacial score (nSPS) is 20.4. The molecule has 17 heavy (non-hydrogen) atoms. The molecule has 1 atom stereocenters. The first kappa shape index (κ1) is 12.3. The summed E-state index contributed by atoms with van der Waals surface area (Å²) < 4.78 is 1.82. The maximum atomic E-state index is 11.5. The van der Waals surface area contributed by atoms with Gasteiger partial charge < -0.3 is 4.90 Å². The molecular weight excluding hydrogens is 214 g/mol. The maximum absolute atomic E-state index is 11.5. The highest BCUT2D eigenvalue weighted by Gasteiger charge is 2.24. The number of Topliss-reactive ketones (excluding diaryl/α,β-unsaturated/α-hetero) is 1. The van der Waals surface area contributed by atoms with Crippen molar-refractivity contribution < 1.29 is 4.79 Å². The second-order valence-electron chi connectivity index (χ2n) is 5.10. The van der Waals surface area contributed by atoms with Gasteiger partial charge >= 0.3 is 0 Å². The molecule has 0 radical (unpaired) electrons. The molecule has 0 aromatic carbocycles. The fourth-order valence-electron chi connectivity index (χ4n) is 2.51. The summed E-state index contributed by atoms with van der Waals surface area (Å²) in [4.78, 5) is 13.8. The summed E-state index contributed by atoms with van der Waals surface area (Å²) in [5.41, 5.74) is 1.23. The Bertz CT molecular complexity index is 386. The van der Waals surface area contributed by atoms with E-state index in [1.165, 1.54) is 5.56 Å². The maximum Gasteiger partial charge on any atom is 0.136 e. The smallest absolute Gasteiger partial charge is 0.136 e. The third-order valence-corrected chi connectivity index (χ3v) is 3.50. The zero-order valence-electron chi connectivity index (χ0n) is 10.7. The monoisotopic (exact) mass is 235 g/mol. The Morgan fingerprint density at radius 2 is 2.41 bits per heavy atom. The fourth-order valence-corrected chi connectivity index (χ4v) is 2.51. The Hall–Kier alpha value is -1.16. The van der Waals surface area contributed by atoms with Crippen LogP contribution in [0.15, 0.2) is 12.4 Å². The van der Waals surface area contributed by atoms with Gasteiger partial charge in [0.1, 0.15) is 5.78 Å². The molecule has 1 aromatic rings. The predicted octanol–water partition coefficient (Wildman–Crippen LogP) is 1.61. The first-order chi connectivity index (χ1) is 8.15. The average molecular weight is 235 g/mol. The summed E-state index contributed by atoms with van der Waals surface area (Å²) in [5, 5.41) is 4.16. The summed E-state index contributed by atoms with van der Waals surface area (Å²) in [7, 11) is 4.03. The molecule has 1 heterocycles. The van der Waals surface area contributed by atoms with E-state index in [1.54, 1.807) is 0 Å². The molecule has 1 saturated carbocycles. The van der Waals surface area contributed by atoms with Gasteiger partial charge in [0, 0.05) is 37.7 Å². The molecule has 1 fully saturated rings. The highest BCUT2D eigenvalue weighted by Crippen LogP contribution is 2.24. The van der Waals surface area contributed by atoms with E-state index < -0.39 is 0 Å². The molecule has 1 aliphatic rings. The second-order valence-corrected chi connectivity index (χ2v) is 5.10. The minimum absolute atomic E-state index is 0.325. The zero-order chi connectivity index (χ0) is 12.3. The molecule has 1 aromatic heterocycles. The molecule has 1 unspecified atom stereocenters. The van der Waals surface area contributed by atoms with Crippen LogP contribution in [0.2, 0.25) is 0 Å². The molecule has 0 amide bonds. The van der Waals surface area contributed by atoms with Crippen LogP contribution in [0.5, 0.6) is 0 Å². The number of aromatic nitrogens is 2. The van der Waals surface area contributed by atoms with Gasteiger partial charge in [0.05, 0.1) is 6.20 Å². The summed E-state index contributed by atoms with van der Waals surface area (Å²) in [5.74, 6) is 0.797. The van der Waals surface area contributed by atoms with Crippen LogP contribution in [0, 0.1) is 5.92 Å². The van der Waals surface area contributed by atoms with E-state index in [9.17, 15) is 4.79 Å². The van der Waals surface area contributed by atoms with Gasteiger partial charge in [-0.3, -0.25) is 9.48 Å². The van der Waals surface area contributed by atoms with Crippen molar-refractivity contribution >= 4 is 5.78 Å². The minimum Gasteiger partial charge on any atom is -0.302 e. The Balaban J connectivity index is 1.74. The molecule has 94 valence electrons. The second kappa shape index (κ2) is 5.45. The standard InChI is InChI=1S/C13H21N3O/c1-15(9-11-8-14-16(2)10-11)7-6-12-4-3-5-13(12)17/h8,10,12H,3-7,9H2,1-2H3. The van der Waals surface area contributed by atoms with Crippen LogP contribution in [0.1, 0.15) is 31.2 Å². The van der Waals surface area contributed by atoms with Crippen molar-refractivity contribution in [3.8, 4) is 0 Å². The largest absolute Gasteiger partial charge is 0.302 e. The van der Waals surface area contributed by atoms with E-state index in [0.717, 1.165) is 38.8 Å². The molecule has 0 bridgehead atoms. The predicted molar refractivity (Wildman–Crippen MR) is 66.5 cm³/mol. The average Bonchev–Trinajstić information content (AvgIpc) is 2.85. The van der Waals surface area contributed by atoms with Crippen LogP contribution >= 0.6 is 0 Å². The van der Waals surface area contributed by atoms with Crippen LogP contribution in [0.4, 0.5) is 0 Å². The number of hydrogen-bond acceptors (Lipinski definition) is 3. The van der Waals surface area contributed by atoms with Crippen LogP contribution in [0.3, 0.4) is 0 Å². The lowest BCUT2D eigenvalue weighted by molar-refractivity contribution is -0.120. The van der Waals surface area contributed by atoms with Crippen LogP contribution in [-0.2, 0) is 18.4 Å². The molecule has 0 N–H and O–H groups in total. The fraction of sp³-hybridized carbons (Fsp3) is 0.692. The van der Waals surface area contributed by atoms with Crippen molar-refractivity contribution in [1.29, 1.82) is 0 Å². The van der Waals surface area contributed by atoms with E-state index >= 15 is 0 Å². The molecular formula is C13H21N3O. The van der Waals surface area contributed by atoms with Gasteiger partial charge in [0.2, 0.25) is 0 Å². The van der Waals surface area contributed by atoms with Gasteiger partial charge in [-0.1, -0.05) is 0 Å². The van der Waals surface area contributed by atoms with Gasteiger partial charge in [0.25, 0.3) is 0 Å². The van der Waals surface area contributed by atoms with Gasteiger partial charge in [0.15, 0.2) is 0 Å². The van der Waals surface area contributed by atoms with Crippen LogP contribution in [0.25, 0.3) is 0 Å². The number of aryl methyl sites for hydroxylation is 1. The lowest BCUT2D eigenvalue weighted by atomic mass is 10.0. The Morgan fingerprint density at radius 3 is 3.00 bits per heavy atom. The quantitative estimate of drug-likeness (QED) is 0.778. The summed E-state index contributed by atoms with van der Waals surface area (Å²) in [6.45, 7) is 1.90. The first-order valence-corrected chi connectivity index (χ1v) is 6.34.